The molecule has 1 aliphatic carbocycles. The van der Waals surface area contributed by atoms with Gasteiger partial charge in [0.25, 0.3) is 0 Å². The minimum absolute atomic E-state index is 0.0330. The highest BCUT2D eigenvalue weighted by molar-refractivity contribution is 5.74. The molecule has 80 valence electrons. The molecular weight excluding hydrogens is 176 g/mol. The van der Waals surface area contributed by atoms with E-state index in [4.69, 9.17) is 4.74 Å². The van der Waals surface area contributed by atoms with E-state index < -0.39 is 0 Å². The Labute approximate surface area is 87.0 Å². The zero-order valence-electron chi connectivity index (χ0n) is 9.00. The van der Waals surface area contributed by atoms with Crippen LogP contribution in [0, 0.1) is 25.2 Å². The number of ether oxygens (including phenoxy) is 1. The van der Waals surface area contributed by atoms with Crippen molar-refractivity contribution >= 4 is 5.97 Å². The van der Waals surface area contributed by atoms with Crippen molar-refractivity contribution in [3.63, 3.8) is 0 Å². The van der Waals surface area contributed by atoms with Crippen LogP contribution >= 0.6 is 0 Å². The molecule has 2 radical (unpaired) electrons. The lowest BCUT2D eigenvalue weighted by Gasteiger charge is -2.09. The quantitative estimate of drug-likeness (QED) is 0.499. The fraction of sp³-hybridized carbons (Fsp3) is 0.750. The lowest BCUT2D eigenvalue weighted by molar-refractivity contribution is -0.147. The number of esters is 1. The molecule has 2 heteroatoms. The second-order valence-corrected chi connectivity index (χ2v) is 3.99. The predicted molar refractivity (Wildman–Crippen MR) is 56.4 cm³/mol. The van der Waals surface area contributed by atoms with Gasteiger partial charge in [-0.3, -0.25) is 4.79 Å². The van der Waals surface area contributed by atoms with E-state index in [1.807, 2.05) is 0 Å². The van der Waals surface area contributed by atoms with E-state index >= 15 is 0 Å². The van der Waals surface area contributed by atoms with Crippen molar-refractivity contribution in [2.75, 3.05) is 6.61 Å². The first kappa shape index (κ1) is 11.5. The van der Waals surface area contributed by atoms with Crippen LogP contribution in [0.3, 0.4) is 0 Å². The lowest BCUT2D eigenvalue weighted by atomic mass is 10.0. The van der Waals surface area contributed by atoms with E-state index in [0.717, 1.165) is 32.1 Å². The van der Waals surface area contributed by atoms with Crippen LogP contribution in [0.1, 0.15) is 39.0 Å². The summed E-state index contributed by atoms with van der Waals surface area (Å²) < 4.78 is 5.17. The fourth-order valence-corrected chi connectivity index (χ4v) is 1.76. The Hall–Kier alpha value is -0.530. The van der Waals surface area contributed by atoms with Crippen LogP contribution in [0.25, 0.3) is 0 Å². The molecule has 1 rings (SSSR count). The Balaban J connectivity index is 2.18. The van der Waals surface area contributed by atoms with Gasteiger partial charge in [-0.1, -0.05) is 26.7 Å². The first-order valence-corrected chi connectivity index (χ1v) is 5.57. The van der Waals surface area contributed by atoms with E-state index in [9.17, 15) is 4.79 Å². The number of rotatable bonds is 5. The highest BCUT2D eigenvalue weighted by atomic mass is 16.5. The highest BCUT2D eigenvalue weighted by Crippen LogP contribution is 2.32. The first-order chi connectivity index (χ1) is 6.77. The summed E-state index contributed by atoms with van der Waals surface area (Å²) in [5.74, 6) is 0.603. The molecule has 2 unspecified atom stereocenters. The molecule has 0 N–H and O–H groups in total. The van der Waals surface area contributed by atoms with Gasteiger partial charge in [-0.15, -0.1) is 0 Å². The van der Waals surface area contributed by atoms with Gasteiger partial charge in [0.1, 0.15) is 0 Å². The lowest BCUT2D eigenvalue weighted by Crippen LogP contribution is -2.16. The molecule has 0 heterocycles. The number of hydrogen-bond donors (Lipinski definition) is 0. The summed E-state index contributed by atoms with van der Waals surface area (Å²) in [6, 6.07) is 0. The molecule has 2 atom stereocenters. The van der Waals surface area contributed by atoms with Crippen molar-refractivity contribution < 1.29 is 9.53 Å². The number of hydrogen-bond acceptors (Lipinski definition) is 2. The standard InChI is InChI=1S/C12H20O2/c1-3-5-8-14-12(13)11-7-6-10(4-2)9-11/h7,10-11H,2-6,8-9H2,1H3. The van der Waals surface area contributed by atoms with E-state index in [-0.39, 0.29) is 11.9 Å². The summed E-state index contributed by atoms with van der Waals surface area (Å²) in [5, 5.41) is 0. The molecule has 1 saturated carbocycles. The summed E-state index contributed by atoms with van der Waals surface area (Å²) in [4.78, 5) is 11.5. The smallest absolute Gasteiger partial charge is 0.309 e. The zero-order valence-corrected chi connectivity index (χ0v) is 9.00. The molecule has 14 heavy (non-hydrogen) atoms. The maximum atomic E-state index is 11.5. The molecule has 0 spiro atoms. The molecule has 0 aromatic carbocycles. The molecule has 0 saturated heterocycles. The maximum absolute atomic E-state index is 11.5. The molecule has 1 aliphatic rings. The summed E-state index contributed by atoms with van der Waals surface area (Å²) >= 11 is 0. The van der Waals surface area contributed by atoms with Crippen LogP contribution in [-0.2, 0) is 9.53 Å². The van der Waals surface area contributed by atoms with Gasteiger partial charge < -0.3 is 4.74 Å². The van der Waals surface area contributed by atoms with Gasteiger partial charge in [0.2, 0.25) is 0 Å². The Morgan fingerprint density at radius 2 is 2.43 bits per heavy atom. The van der Waals surface area contributed by atoms with Crippen molar-refractivity contribution in [3.8, 4) is 0 Å². The molecule has 0 aromatic rings. The maximum Gasteiger partial charge on any atom is 0.309 e. The van der Waals surface area contributed by atoms with Crippen molar-refractivity contribution in [2.24, 2.45) is 11.8 Å². The van der Waals surface area contributed by atoms with Gasteiger partial charge in [-0.2, -0.15) is 0 Å². The van der Waals surface area contributed by atoms with Crippen LogP contribution in [-0.4, -0.2) is 12.6 Å². The summed E-state index contributed by atoms with van der Waals surface area (Å²) in [5.41, 5.74) is 0. The first-order valence-electron chi connectivity index (χ1n) is 5.57. The second-order valence-electron chi connectivity index (χ2n) is 3.99. The second kappa shape index (κ2) is 6.05. The molecular formula is C12H20O2. The Kier molecular flexibility index (Phi) is 4.99. The van der Waals surface area contributed by atoms with Crippen molar-refractivity contribution in [1.29, 1.82) is 0 Å². The third kappa shape index (κ3) is 3.32. The van der Waals surface area contributed by atoms with Gasteiger partial charge in [0.05, 0.1) is 12.5 Å². The topological polar surface area (TPSA) is 26.3 Å². The molecule has 1 fully saturated rings. The van der Waals surface area contributed by atoms with Crippen LogP contribution in [0.5, 0.6) is 0 Å². The Bertz CT molecular complexity index is 177. The Morgan fingerprint density at radius 1 is 1.64 bits per heavy atom. The van der Waals surface area contributed by atoms with E-state index in [1.165, 1.54) is 0 Å². The minimum Gasteiger partial charge on any atom is -0.465 e. The summed E-state index contributed by atoms with van der Waals surface area (Å²) in [7, 11) is 0. The molecule has 0 aromatic heterocycles. The summed E-state index contributed by atoms with van der Waals surface area (Å²) in [6.07, 6.45) is 7.02. The largest absolute Gasteiger partial charge is 0.465 e. The van der Waals surface area contributed by atoms with Gasteiger partial charge in [0.15, 0.2) is 0 Å². The SMILES string of the molecule is [CH2]CC1C[CH]C(C(=O)OCCCC)C1. The molecule has 0 amide bonds. The number of unbranched alkanes of at least 4 members (excludes halogenated alkanes) is 1. The van der Waals surface area contributed by atoms with Crippen LogP contribution in [0.15, 0.2) is 0 Å². The van der Waals surface area contributed by atoms with Crippen LogP contribution in [0.4, 0.5) is 0 Å². The number of carbonyl (C=O) groups is 1. The van der Waals surface area contributed by atoms with Gasteiger partial charge in [-0.05, 0) is 31.6 Å². The van der Waals surface area contributed by atoms with Crippen molar-refractivity contribution in [2.45, 2.75) is 39.0 Å². The van der Waals surface area contributed by atoms with Gasteiger partial charge >= 0.3 is 5.97 Å². The minimum atomic E-state index is -0.0330. The number of carbonyl (C=O) groups excluding carboxylic acids is 1. The average Bonchev–Trinajstić information content (AvgIpc) is 2.66. The third-order valence-corrected chi connectivity index (χ3v) is 2.79. The van der Waals surface area contributed by atoms with E-state index in [0.29, 0.717) is 12.5 Å². The Morgan fingerprint density at radius 3 is 3.00 bits per heavy atom. The zero-order chi connectivity index (χ0) is 10.4. The molecule has 0 aliphatic heterocycles. The normalized spacial score (nSPS) is 26.4. The predicted octanol–water partition coefficient (Wildman–Crippen LogP) is 2.78. The summed E-state index contributed by atoms with van der Waals surface area (Å²) in [6.45, 7) is 6.53. The van der Waals surface area contributed by atoms with Crippen LogP contribution in [0.2, 0.25) is 0 Å². The van der Waals surface area contributed by atoms with Crippen molar-refractivity contribution in [3.05, 3.63) is 13.3 Å². The highest BCUT2D eigenvalue weighted by Gasteiger charge is 2.29. The van der Waals surface area contributed by atoms with Gasteiger partial charge in [-0.25, -0.2) is 0 Å². The average molecular weight is 196 g/mol. The molecule has 0 bridgehead atoms. The van der Waals surface area contributed by atoms with E-state index in [2.05, 4.69) is 20.3 Å². The fourth-order valence-electron chi connectivity index (χ4n) is 1.76. The van der Waals surface area contributed by atoms with Gasteiger partial charge in [0, 0.05) is 0 Å². The van der Waals surface area contributed by atoms with Crippen LogP contribution < -0.4 is 0 Å². The van der Waals surface area contributed by atoms with E-state index in [1.54, 1.807) is 0 Å². The monoisotopic (exact) mass is 196 g/mol. The van der Waals surface area contributed by atoms with Crippen molar-refractivity contribution in [1.82, 2.24) is 0 Å². The third-order valence-electron chi connectivity index (χ3n) is 2.79. The molecule has 2 nitrogen and oxygen atoms in total.